The van der Waals surface area contributed by atoms with Gasteiger partial charge in [0.25, 0.3) is 6.48 Å². The predicted molar refractivity (Wildman–Crippen MR) is 31.8 cm³/mol. The summed E-state index contributed by atoms with van der Waals surface area (Å²) in [4.78, 5) is 0. The molecule has 5 nitrogen and oxygen atoms in total. The van der Waals surface area contributed by atoms with Crippen LogP contribution in [0.5, 0.6) is 0 Å². The van der Waals surface area contributed by atoms with Crippen molar-refractivity contribution in [1.82, 2.24) is 0 Å². The molecule has 0 saturated heterocycles. The first-order valence-electron chi connectivity index (χ1n) is 2.94. The number of hydrogen-bond donors (Lipinski definition) is 3. The van der Waals surface area contributed by atoms with E-state index in [1.54, 1.807) is 6.92 Å². The minimum absolute atomic E-state index is 0.308. The van der Waals surface area contributed by atoms with Gasteiger partial charge in [0.05, 0.1) is 0 Å². The molecule has 0 amide bonds. The van der Waals surface area contributed by atoms with Gasteiger partial charge in [-0.1, -0.05) is 0 Å². The molecule has 0 aliphatic heterocycles. The van der Waals surface area contributed by atoms with E-state index in [4.69, 9.17) is 15.3 Å². The summed E-state index contributed by atoms with van der Waals surface area (Å²) in [6, 6.07) is 0. The summed E-state index contributed by atoms with van der Waals surface area (Å²) >= 11 is 0. The molecule has 10 heavy (non-hydrogen) atoms. The van der Waals surface area contributed by atoms with E-state index in [2.05, 4.69) is 9.47 Å². The largest absolute Gasteiger partial charge is 0.366 e. The summed E-state index contributed by atoms with van der Waals surface area (Å²) in [6.07, 6.45) is -1.57. The third kappa shape index (κ3) is 5.93. The van der Waals surface area contributed by atoms with Gasteiger partial charge in [-0.3, -0.25) is 0 Å². The fraction of sp³-hybridized carbons (Fsp3) is 1.00. The van der Waals surface area contributed by atoms with Gasteiger partial charge in [0.1, 0.15) is 6.61 Å². The number of aliphatic hydroxyl groups excluding tert-OH is 2. The van der Waals surface area contributed by atoms with Crippen LogP contribution in [-0.2, 0) is 9.47 Å². The molecule has 0 radical (unpaired) electrons. The monoisotopic (exact) mass is 152 g/mol. The standard InChI is InChI=1S/C5H12O5/c1-2-9-5(8)10-3-4(6)7/h4-8H,2-3H2,1H3. The van der Waals surface area contributed by atoms with E-state index in [1.807, 2.05) is 0 Å². The zero-order valence-corrected chi connectivity index (χ0v) is 5.73. The maximum Gasteiger partial charge on any atom is 0.269 e. The van der Waals surface area contributed by atoms with Crippen molar-refractivity contribution < 1.29 is 24.8 Å². The topological polar surface area (TPSA) is 79.2 Å². The second-order valence-corrected chi connectivity index (χ2v) is 1.58. The number of rotatable bonds is 5. The molecule has 0 saturated carbocycles. The molecule has 0 aromatic carbocycles. The Morgan fingerprint density at radius 2 is 1.80 bits per heavy atom. The Bertz CT molecular complexity index is 74.4. The SMILES string of the molecule is CCOC(O)OCC(O)O. The summed E-state index contributed by atoms with van der Waals surface area (Å²) in [5.41, 5.74) is 0. The highest BCUT2D eigenvalue weighted by atomic mass is 16.8. The van der Waals surface area contributed by atoms with Crippen molar-refractivity contribution in [2.45, 2.75) is 19.7 Å². The lowest BCUT2D eigenvalue weighted by atomic mass is 10.7. The molecule has 0 heterocycles. The Morgan fingerprint density at radius 1 is 1.20 bits per heavy atom. The van der Waals surface area contributed by atoms with Crippen LogP contribution in [0.4, 0.5) is 0 Å². The Hall–Kier alpha value is -0.200. The molecule has 0 aliphatic carbocycles. The van der Waals surface area contributed by atoms with Crippen LogP contribution in [0.2, 0.25) is 0 Å². The molecule has 62 valence electrons. The van der Waals surface area contributed by atoms with E-state index in [1.165, 1.54) is 0 Å². The van der Waals surface area contributed by atoms with Crippen molar-refractivity contribution in [2.75, 3.05) is 13.2 Å². The molecule has 1 unspecified atom stereocenters. The van der Waals surface area contributed by atoms with Gasteiger partial charge in [0.15, 0.2) is 6.29 Å². The maximum atomic E-state index is 8.63. The first-order chi connectivity index (χ1) is 4.66. The fourth-order valence-corrected chi connectivity index (χ4v) is 0.359. The number of hydrogen-bond acceptors (Lipinski definition) is 5. The smallest absolute Gasteiger partial charge is 0.269 e. The van der Waals surface area contributed by atoms with Crippen molar-refractivity contribution >= 4 is 0 Å². The van der Waals surface area contributed by atoms with Crippen LogP contribution in [0.15, 0.2) is 0 Å². The van der Waals surface area contributed by atoms with Crippen LogP contribution in [0.1, 0.15) is 6.92 Å². The third-order valence-electron chi connectivity index (χ3n) is 0.697. The molecular formula is C5H12O5. The lowest BCUT2D eigenvalue weighted by molar-refractivity contribution is -0.280. The third-order valence-corrected chi connectivity index (χ3v) is 0.697. The zero-order chi connectivity index (χ0) is 7.98. The minimum atomic E-state index is -1.57. The summed E-state index contributed by atoms with van der Waals surface area (Å²) in [5.74, 6) is 0. The highest BCUT2D eigenvalue weighted by Gasteiger charge is 2.04. The molecule has 0 rings (SSSR count). The van der Waals surface area contributed by atoms with Gasteiger partial charge in [-0.25, -0.2) is 0 Å². The van der Waals surface area contributed by atoms with E-state index in [0.29, 0.717) is 6.61 Å². The molecule has 0 fully saturated rings. The van der Waals surface area contributed by atoms with Gasteiger partial charge in [-0.15, -0.1) is 0 Å². The fourth-order valence-electron chi connectivity index (χ4n) is 0.359. The van der Waals surface area contributed by atoms with Crippen molar-refractivity contribution in [3.63, 3.8) is 0 Å². The van der Waals surface area contributed by atoms with E-state index in [9.17, 15) is 0 Å². The summed E-state index contributed by atoms with van der Waals surface area (Å²) < 4.78 is 8.88. The average molecular weight is 152 g/mol. The molecule has 0 spiro atoms. The number of ether oxygens (including phenoxy) is 2. The average Bonchev–Trinajstić information content (AvgIpc) is 1.85. The second kappa shape index (κ2) is 5.57. The highest BCUT2D eigenvalue weighted by Crippen LogP contribution is 1.90. The molecule has 5 heteroatoms. The Kier molecular flexibility index (Phi) is 5.46. The zero-order valence-electron chi connectivity index (χ0n) is 5.73. The van der Waals surface area contributed by atoms with Gasteiger partial charge in [0.2, 0.25) is 0 Å². The van der Waals surface area contributed by atoms with E-state index < -0.39 is 12.8 Å². The quantitative estimate of drug-likeness (QED) is 0.423. The van der Waals surface area contributed by atoms with Crippen molar-refractivity contribution in [3.8, 4) is 0 Å². The van der Waals surface area contributed by atoms with E-state index in [0.717, 1.165) is 0 Å². The van der Waals surface area contributed by atoms with Gasteiger partial charge >= 0.3 is 0 Å². The first kappa shape index (κ1) is 9.80. The molecule has 0 aliphatic rings. The van der Waals surface area contributed by atoms with Crippen LogP contribution in [0, 0.1) is 0 Å². The summed E-state index contributed by atoms with van der Waals surface area (Å²) in [6.45, 7) is 0.262. The van der Waals surface area contributed by atoms with E-state index >= 15 is 0 Å². The normalized spacial score (nSPS) is 14.1. The highest BCUT2D eigenvalue weighted by molar-refractivity contribution is 4.29. The van der Waals surface area contributed by atoms with Gasteiger partial charge in [-0.2, -0.15) is 0 Å². The number of aliphatic hydroxyl groups is 3. The molecule has 0 bridgehead atoms. The van der Waals surface area contributed by atoms with Crippen LogP contribution in [0.3, 0.4) is 0 Å². The Morgan fingerprint density at radius 3 is 2.20 bits per heavy atom. The minimum Gasteiger partial charge on any atom is -0.366 e. The molecular weight excluding hydrogens is 140 g/mol. The van der Waals surface area contributed by atoms with Crippen molar-refractivity contribution in [2.24, 2.45) is 0 Å². The molecule has 3 N–H and O–H groups in total. The molecule has 0 aromatic heterocycles. The first-order valence-corrected chi connectivity index (χ1v) is 2.94. The second-order valence-electron chi connectivity index (χ2n) is 1.58. The summed E-state index contributed by atoms with van der Waals surface area (Å²) in [7, 11) is 0. The van der Waals surface area contributed by atoms with Crippen LogP contribution in [-0.4, -0.2) is 41.3 Å². The van der Waals surface area contributed by atoms with Crippen LogP contribution >= 0.6 is 0 Å². The Labute approximate surface area is 58.8 Å². The lowest BCUT2D eigenvalue weighted by Gasteiger charge is -2.11. The van der Waals surface area contributed by atoms with Crippen LogP contribution < -0.4 is 0 Å². The summed E-state index contributed by atoms with van der Waals surface area (Å²) in [5, 5.41) is 25.1. The lowest BCUT2D eigenvalue weighted by Crippen LogP contribution is -2.23. The van der Waals surface area contributed by atoms with Crippen molar-refractivity contribution in [1.29, 1.82) is 0 Å². The van der Waals surface area contributed by atoms with Crippen molar-refractivity contribution in [3.05, 3.63) is 0 Å². The van der Waals surface area contributed by atoms with Gasteiger partial charge < -0.3 is 24.8 Å². The Balaban J connectivity index is 3.12. The predicted octanol–water partition coefficient (Wildman–Crippen LogP) is -1.37. The van der Waals surface area contributed by atoms with Crippen LogP contribution in [0.25, 0.3) is 0 Å². The molecule has 0 aromatic rings. The van der Waals surface area contributed by atoms with Gasteiger partial charge in [0, 0.05) is 6.61 Å². The van der Waals surface area contributed by atoms with E-state index in [-0.39, 0.29) is 6.61 Å². The molecule has 1 atom stereocenters. The van der Waals surface area contributed by atoms with Gasteiger partial charge in [-0.05, 0) is 6.92 Å². The maximum absolute atomic E-state index is 8.63.